The fourth-order valence-electron chi connectivity index (χ4n) is 3.29. The van der Waals surface area contributed by atoms with Crippen LogP contribution in [-0.4, -0.2) is 47.1 Å². The minimum atomic E-state index is -0.280. The van der Waals surface area contributed by atoms with E-state index in [-0.39, 0.29) is 5.79 Å². The van der Waals surface area contributed by atoms with E-state index in [9.17, 15) is 0 Å². The molecular weight excluding hydrogens is 270 g/mol. The van der Waals surface area contributed by atoms with Gasteiger partial charge in [0.15, 0.2) is 11.6 Å². The van der Waals surface area contributed by atoms with E-state index in [2.05, 4.69) is 29.0 Å². The Hall–Kier alpha value is -0.980. The van der Waals surface area contributed by atoms with Gasteiger partial charge < -0.3 is 14.0 Å². The first-order chi connectivity index (χ1) is 10.2. The molecule has 0 atom stereocenters. The molecule has 1 spiro atoms. The number of aryl methyl sites for hydroxylation is 1. The fraction of sp³-hybridized carbons (Fsp3) is 0.867. The molecule has 1 aromatic rings. The third-order valence-corrected chi connectivity index (χ3v) is 4.52. The van der Waals surface area contributed by atoms with Crippen molar-refractivity contribution in [3.63, 3.8) is 0 Å². The summed E-state index contributed by atoms with van der Waals surface area (Å²) in [4.78, 5) is 6.76. The average Bonchev–Trinajstić information content (AvgIpc) is 3.11. The van der Waals surface area contributed by atoms with E-state index in [1.54, 1.807) is 0 Å². The molecule has 2 aliphatic rings. The summed E-state index contributed by atoms with van der Waals surface area (Å²) in [7, 11) is 2.13. The molecule has 0 aromatic carbocycles. The van der Waals surface area contributed by atoms with Gasteiger partial charge in [0.2, 0.25) is 5.89 Å². The van der Waals surface area contributed by atoms with E-state index in [0.29, 0.717) is 6.04 Å². The molecule has 2 heterocycles. The Labute approximate surface area is 125 Å². The summed E-state index contributed by atoms with van der Waals surface area (Å²) in [5.74, 6) is 1.25. The molecule has 6 nitrogen and oxygen atoms in total. The molecule has 0 radical (unpaired) electrons. The normalized spacial score (nSPS) is 22.4. The van der Waals surface area contributed by atoms with Crippen molar-refractivity contribution in [1.29, 1.82) is 0 Å². The molecular formula is C15H25N3O3. The highest BCUT2D eigenvalue weighted by atomic mass is 16.7. The molecule has 1 saturated heterocycles. The van der Waals surface area contributed by atoms with Crippen molar-refractivity contribution in [3.05, 3.63) is 11.7 Å². The monoisotopic (exact) mass is 295 g/mol. The Morgan fingerprint density at radius 1 is 1.24 bits per heavy atom. The van der Waals surface area contributed by atoms with Crippen LogP contribution >= 0.6 is 0 Å². The topological polar surface area (TPSA) is 60.6 Å². The third kappa shape index (κ3) is 3.44. The quantitative estimate of drug-likeness (QED) is 0.829. The van der Waals surface area contributed by atoms with Crippen molar-refractivity contribution in [2.75, 3.05) is 20.3 Å². The van der Waals surface area contributed by atoms with Crippen LogP contribution in [0.4, 0.5) is 0 Å². The Morgan fingerprint density at radius 2 is 1.95 bits per heavy atom. The first kappa shape index (κ1) is 14.9. The van der Waals surface area contributed by atoms with Crippen LogP contribution < -0.4 is 0 Å². The molecule has 1 saturated carbocycles. The second-order valence-electron chi connectivity index (χ2n) is 6.11. The highest BCUT2D eigenvalue weighted by Gasteiger charge is 2.41. The van der Waals surface area contributed by atoms with Gasteiger partial charge in [-0.1, -0.05) is 12.1 Å². The zero-order valence-corrected chi connectivity index (χ0v) is 13.0. The van der Waals surface area contributed by atoms with Gasteiger partial charge in [-0.2, -0.15) is 4.98 Å². The molecule has 118 valence electrons. The van der Waals surface area contributed by atoms with Gasteiger partial charge in [0.05, 0.1) is 19.8 Å². The Balaban J connectivity index is 1.50. The predicted octanol–water partition coefficient (Wildman–Crippen LogP) is 2.14. The molecule has 0 bridgehead atoms. The molecule has 1 aliphatic heterocycles. The lowest BCUT2D eigenvalue weighted by atomic mass is 9.89. The van der Waals surface area contributed by atoms with Crippen LogP contribution in [0.5, 0.6) is 0 Å². The number of aromatic nitrogens is 2. The standard InChI is InChI=1S/C15H25N3O3/c1-3-4-14-16-13(17-21-14)11-18(2)12-5-7-15(8-6-12)19-9-10-20-15/h12H,3-11H2,1-2H3. The maximum Gasteiger partial charge on any atom is 0.226 e. The van der Waals surface area contributed by atoms with E-state index < -0.39 is 0 Å². The van der Waals surface area contributed by atoms with Crippen LogP contribution in [0.25, 0.3) is 0 Å². The fourth-order valence-corrected chi connectivity index (χ4v) is 3.29. The van der Waals surface area contributed by atoms with Gasteiger partial charge >= 0.3 is 0 Å². The number of ether oxygens (including phenoxy) is 2. The minimum absolute atomic E-state index is 0.280. The van der Waals surface area contributed by atoms with Gasteiger partial charge in [-0.3, -0.25) is 4.90 Å². The zero-order chi connectivity index (χ0) is 14.7. The molecule has 2 fully saturated rings. The van der Waals surface area contributed by atoms with Gasteiger partial charge in [0, 0.05) is 25.3 Å². The second kappa shape index (κ2) is 6.42. The molecule has 0 N–H and O–H groups in total. The van der Waals surface area contributed by atoms with Crippen molar-refractivity contribution in [2.24, 2.45) is 0 Å². The summed E-state index contributed by atoms with van der Waals surface area (Å²) in [6.45, 7) is 4.33. The summed E-state index contributed by atoms with van der Waals surface area (Å²) in [6.07, 6.45) is 6.04. The summed E-state index contributed by atoms with van der Waals surface area (Å²) in [5, 5.41) is 4.06. The summed E-state index contributed by atoms with van der Waals surface area (Å²) in [5.41, 5.74) is 0. The summed E-state index contributed by atoms with van der Waals surface area (Å²) < 4.78 is 16.8. The smallest absolute Gasteiger partial charge is 0.226 e. The van der Waals surface area contributed by atoms with Crippen LogP contribution in [0.3, 0.4) is 0 Å². The summed E-state index contributed by atoms with van der Waals surface area (Å²) >= 11 is 0. The first-order valence-corrected chi connectivity index (χ1v) is 8.00. The number of nitrogens with zero attached hydrogens (tertiary/aromatic N) is 3. The summed E-state index contributed by atoms with van der Waals surface area (Å²) in [6, 6.07) is 0.538. The van der Waals surface area contributed by atoms with E-state index in [1.807, 2.05) is 0 Å². The van der Waals surface area contributed by atoms with Gasteiger partial charge in [0.1, 0.15) is 0 Å². The van der Waals surface area contributed by atoms with Crippen molar-refractivity contribution >= 4 is 0 Å². The number of rotatable bonds is 5. The van der Waals surface area contributed by atoms with E-state index in [1.165, 1.54) is 0 Å². The van der Waals surface area contributed by atoms with E-state index >= 15 is 0 Å². The molecule has 1 aliphatic carbocycles. The van der Waals surface area contributed by atoms with Crippen LogP contribution in [-0.2, 0) is 22.4 Å². The van der Waals surface area contributed by atoms with E-state index in [4.69, 9.17) is 14.0 Å². The molecule has 1 aromatic heterocycles. The van der Waals surface area contributed by atoms with Crippen molar-refractivity contribution in [1.82, 2.24) is 15.0 Å². The Morgan fingerprint density at radius 3 is 2.62 bits per heavy atom. The first-order valence-electron chi connectivity index (χ1n) is 8.00. The molecule has 6 heteroatoms. The lowest BCUT2D eigenvalue weighted by molar-refractivity contribution is -0.183. The highest BCUT2D eigenvalue weighted by Crippen LogP contribution is 2.37. The van der Waals surface area contributed by atoms with Crippen molar-refractivity contribution in [2.45, 2.75) is 63.8 Å². The average molecular weight is 295 g/mol. The van der Waals surface area contributed by atoms with Gasteiger partial charge in [-0.25, -0.2) is 0 Å². The maximum absolute atomic E-state index is 5.78. The molecule has 0 unspecified atom stereocenters. The van der Waals surface area contributed by atoms with Gasteiger partial charge in [0.25, 0.3) is 0 Å². The largest absolute Gasteiger partial charge is 0.348 e. The maximum atomic E-state index is 5.78. The molecule has 3 rings (SSSR count). The Kier molecular flexibility index (Phi) is 4.57. The van der Waals surface area contributed by atoms with Gasteiger partial charge in [-0.05, 0) is 26.3 Å². The Bertz CT molecular complexity index is 447. The highest BCUT2D eigenvalue weighted by molar-refractivity contribution is 4.90. The minimum Gasteiger partial charge on any atom is -0.348 e. The van der Waals surface area contributed by atoms with Crippen LogP contribution in [0.1, 0.15) is 50.7 Å². The lowest BCUT2D eigenvalue weighted by Gasteiger charge is -2.38. The van der Waals surface area contributed by atoms with Gasteiger partial charge in [-0.15, -0.1) is 0 Å². The predicted molar refractivity (Wildman–Crippen MR) is 76.7 cm³/mol. The van der Waals surface area contributed by atoms with Crippen molar-refractivity contribution in [3.8, 4) is 0 Å². The number of hydrogen-bond acceptors (Lipinski definition) is 6. The lowest BCUT2D eigenvalue weighted by Crippen LogP contribution is -2.42. The zero-order valence-electron chi connectivity index (χ0n) is 13.0. The third-order valence-electron chi connectivity index (χ3n) is 4.52. The second-order valence-corrected chi connectivity index (χ2v) is 6.11. The van der Waals surface area contributed by atoms with Crippen LogP contribution in [0.15, 0.2) is 4.52 Å². The van der Waals surface area contributed by atoms with Crippen molar-refractivity contribution < 1.29 is 14.0 Å². The molecule has 0 amide bonds. The molecule has 21 heavy (non-hydrogen) atoms. The SMILES string of the molecule is CCCc1nc(CN(C)C2CCC3(CC2)OCCO3)no1. The number of hydrogen-bond donors (Lipinski definition) is 0. The van der Waals surface area contributed by atoms with Crippen LogP contribution in [0, 0.1) is 0 Å². The van der Waals surface area contributed by atoms with Crippen LogP contribution in [0.2, 0.25) is 0 Å². The van der Waals surface area contributed by atoms with E-state index in [0.717, 1.165) is 70.0 Å².